The first-order chi connectivity index (χ1) is 5.57. The third kappa shape index (κ3) is 1.89. The maximum Gasteiger partial charge on any atom is 0.129 e. The van der Waals surface area contributed by atoms with Crippen molar-refractivity contribution in [3.8, 4) is 0 Å². The predicted octanol–water partition coefficient (Wildman–Crippen LogP) is -1.35. The van der Waals surface area contributed by atoms with Gasteiger partial charge in [0.25, 0.3) is 0 Å². The number of ether oxygens (including phenoxy) is 1. The van der Waals surface area contributed by atoms with Gasteiger partial charge in [-0.3, -0.25) is 0 Å². The molecule has 1 aliphatic rings. The molecule has 0 amide bonds. The van der Waals surface area contributed by atoms with E-state index in [1.54, 1.807) is 0 Å². The average molecular weight is 212 g/mol. The number of rotatable bonds is 1. The lowest BCUT2D eigenvalue weighted by Gasteiger charge is -2.38. The van der Waals surface area contributed by atoms with Crippen LogP contribution in [-0.4, -0.2) is 50.9 Å². The maximum absolute atomic E-state index is 9.31. The molecule has 1 fully saturated rings. The lowest BCUT2D eigenvalue weighted by molar-refractivity contribution is -0.190. The Morgan fingerprint density at radius 2 is 1.67 bits per heavy atom. The minimum absolute atomic E-state index is 0.280. The van der Waals surface area contributed by atoms with Gasteiger partial charge in [0.2, 0.25) is 0 Å². The van der Waals surface area contributed by atoms with E-state index >= 15 is 0 Å². The Morgan fingerprint density at radius 1 is 1.08 bits per heavy atom. The molecule has 1 aliphatic heterocycles. The molecule has 6 heteroatoms. The van der Waals surface area contributed by atoms with Gasteiger partial charge >= 0.3 is 0 Å². The summed E-state index contributed by atoms with van der Waals surface area (Å²) < 4.78 is 5.06. The summed E-state index contributed by atoms with van der Waals surface area (Å²) in [4.78, 5) is 0. The Morgan fingerprint density at radius 3 is 2.17 bits per heavy atom. The van der Waals surface area contributed by atoms with Crippen molar-refractivity contribution in [1.82, 2.24) is 0 Å². The second-order valence-electron chi connectivity index (χ2n) is 2.72. The van der Waals surface area contributed by atoms with Gasteiger partial charge in [-0.25, -0.2) is 0 Å². The van der Waals surface area contributed by atoms with Gasteiger partial charge in [0.15, 0.2) is 0 Å². The summed E-state index contributed by atoms with van der Waals surface area (Å²) in [6.45, 7) is 0. The zero-order chi connectivity index (χ0) is 9.30. The fourth-order valence-corrected chi connectivity index (χ4v) is 1.72. The molecule has 1 heterocycles. The van der Waals surface area contributed by atoms with Crippen LogP contribution in [0.4, 0.5) is 0 Å². The van der Waals surface area contributed by atoms with Crippen LogP contribution in [0.2, 0.25) is 0 Å². The van der Waals surface area contributed by atoms with E-state index in [-0.39, 0.29) is 5.75 Å². The van der Waals surface area contributed by atoms with Crippen molar-refractivity contribution in [2.45, 2.75) is 29.9 Å². The maximum atomic E-state index is 9.31. The number of hydrogen-bond donors (Lipinski definition) is 5. The molecule has 0 radical (unpaired) electrons. The fraction of sp³-hybridized carbons (Fsp3) is 1.00. The van der Waals surface area contributed by atoms with Crippen LogP contribution in [0.5, 0.6) is 0 Å². The molecular formula is C6H12O4S2. The first-order valence-electron chi connectivity index (χ1n) is 3.56. The normalized spacial score (nSPS) is 49.2. The lowest BCUT2D eigenvalue weighted by atomic mass is 10.0. The van der Waals surface area contributed by atoms with Crippen molar-refractivity contribution in [1.29, 1.82) is 0 Å². The molecule has 1 rings (SSSR count). The largest absolute Gasteiger partial charge is 0.388 e. The van der Waals surface area contributed by atoms with Crippen molar-refractivity contribution in [2.24, 2.45) is 0 Å². The highest BCUT2D eigenvalue weighted by Crippen LogP contribution is 2.23. The van der Waals surface area contributed by atoms with Crippen molar-refractivity contribution in [2.75, 3.05) is 5.75 Å². The molecule has 3 N–H and O–H groups in total. The summed E-state index contributed by atoms with van der Waals surface area (Å²) in [6.07, 6.45) is -4.03. The molecule has 0 aromatic rings. The molecule has 4 nitrogen and oxygen atoms in total. The highest BCUT2D eigenvalue weighted by Gasteiger charge is 2.41. The molecule has 0 aromatic heterocycles. The lowest BCUT2D eigenvalue weighted by Crippen LogP contribution is -2.56. The SMILES string of the molecule is OC1[C@H](O)C(S)OC(CS)[C@H]1O. The Labute approximate surface area is 81.4 Å². The van der Waals surface area contributed by atoms with Crippen molar-refractivity contribution in [3.63, 3.8) is 0 Å². The topological polar surface area (TPSA) is 69.9 Å². The van der Waals surface area contributed by atoms with E-state index in [4.69, 9.17) is 4.74 Å². The number of aliphatic hydroxyl groups excluding tert-OH is 3. The molecule has 0 saturated carbocycles. The Bertz CT molecular complexity index is 152. The van der Waals surface area contributed by atoms with Gasteiger partial charge in [0, 0.05) is 5.75 Å². The molecule has 12 heavy (non-hydrogen) atoms. The van der Waals surface area contributed by atoms with Crippen LogP contribution in [0.1, 0.15) is 0 Å². The van der Waals surface area contributed by atoms with E-state index in [0.29, 0.717) is 0 Å². The first kappa shape index (κ1) is 10.6. The summed E-state index contributed by atoms with van der Waals surface area (Å²) >= 11 is 7.81. The Hall–Kier alpha value is 0.540. The molecule has 0 spiro atoms. The van der Waals surface area contributed by atoms with Crippen LogP contribution in [0.25, 0.3) is 0 Å². The van der Waals surface area contributed by atoms with Crippen LogP contribution in [0.15, 0.2) is 0 Å². The van der Waals surface area contributed by atoms with Crippen LogP contribution in [0, 0.1) is 0 Å². The Balaban J connectivity index is 2.63. The number of thiol groups is 2. The highest BCUT2D eigenvalue weighted by atomic mass is 32.1. The quantitative estimate of drug-likeness (QED) is 0.349. The molecular weight excluding hydrogens is 200 g/mol. The average Bonchev–Trinajstić information content (AvgIpc) is 2.08. The summed E-state index contributed by atoms with van der Waals surface area (Å²) in [7, 11) is 0. The summed E-state index contributed by atoms with van der Waals surface area (Å²) in [5, 5.41) is 27.8. The minimum Gasteiger partial charge on any atom is -0.388 e. The second kappa shape index (κ2) is 4.17. The van der Waals surface area contributed by atoms with Gasteiger partial charge in [-0.1, -0.05) is 0 Å². The van der Waals surface area contributed by atoms with Crippen molar-refractivity contribution < 1.29 is 20.1 Å². The van der Waals surface area contributed by atoms with E-state index in [9.17, 15) is 15.3 Å². The molecule has 1 saturated heterocycles. The zero-order valence-electron chi connectivity index (χ0n) is 6.24. The molecule has 0 aromatic carbocycles. The predicted molar refractivity (Wildman–Crippen MR) is 49.5 cm³/mol. The minimum atomic E-state index is -1.21. The van der Waals surface area contributed by atoms with Crippen LogP contribution >= 0.6 is 25.3 Å². The van der Waals surface area contributed by atoms with Gasteiger partial charge in [-0.15, -0.1) is 12.6 Å². The molecule has 5 atom stereocenters. The smallest absolute Gasteiger partial charge is 0.129 e. The van der Waals surface area contributed by atoms with Crippen LogP contribution in [-0.2, 0) is 4.74 Å². The summed E-state index contributed by atoms with van der Waals surface area (Å²) in [5.41, 5.74) is -0.763. The van der Waals surface area contributed by atoms with Crippen molar-refractivity contribution >= 4 is 25.3 Å². The van der Waals surface area contributed by atoms with Crippen molar-refractivity contribution in [3.05, 3.63) is 0 Å². The van der Waals surface area contributed by atoms with E-state index in [0.717, 1.165) is 0 Å². The standard InChI is InChI=1S/C6H12O4S2/c7-3-2(1-11)10-6(12)5(9)4(3)8/h2-9,11-12H,1H2/t2?,3-,4?,5+,6?/m1/s1. The highest BCUT2D eigenvalue weighted by molar-refractivity contribution is 7.81. The van der Waals surface area contributed by atoms with Crippen LogP contribution < -0.4 is 0 Å². The van der Waals surface area contributed by atoms with Crippen LogP contribution in [0.3, 0.4) is 0 Å². The molecule has 0 aliphatic carbocycles. The monoisotopic (exact) mass is 212 g/mol. The summed E-state index contributed by atoms with van der Waals surface area (Å²) in [6, 6.07) is 0. The number of hydrogen-bond acceptors (Lipinski definition) is 6. The van der Waals surface area contributed by atoms with Gasteiger partial charge in [0.05, 0.1) is 6.10 Å². The van der Waals surface area contributed by atoms with E-state index in [1.807, 2.05) is 0 Å². The number of aliphatic hydroxyl groups is 3. The van der Waals surface area contributed by atoms with E-state index < -0.39 is 29.9 Å². The van der Waals surface area contributed by atoms with Gasteiger partial charge in [-0.05, 0) is 0 Å². The Kier molecular flexibility index (Phi) is 3.69. The molecule has 0 bridgehead atoms. The van der Waals surface area contributed by atoms with Gasteiger partial charge in [0.1, 0.15) is 23.7 Å². The summed E-state index contributed by atoms with van der Waals surface area (Å²) in [5.74, 6) is 0.280. The second-order valence-corrected chi connectivity index (χ2v) is 3.59. The third-order valence-corrected chi connectivity index (χ3v) is 2.65. The van der Waals surface area contributed by atoms with Gasteiger partial charge in [-0.2, -0.15) is 12.6 Å². The van der Waals surface area contributed by atoms with E-state index in [1.165, 1.54) is 0 Å². The first-order valence-corrected chi connectivity index (χ1v) is 4.71. The molecule has 72 valence electrons. The zero-order valence-corrected chi connectivity index (χ0v) is 8.03. The van der Waals surface area contributed by atoms with E-state index in [2.05, 4.69) is 25.3 Å². The van der Waals surface area contributed by atoms with Gasteiger partial charge < -0.3 is 20.1 Å². The fourth-order valence-electron chi connectivity index (χ4n) is 1.08. The molecule has 3 unspecified atom stereocenters. The third-order valence-electron chi connectivity index (χ3n) is 1.87.